The van der Waals surface area contributed by atoms with Gasteiger partial charge in [-0.2, -0.15) is 5.10 Å². The summed E-state index contributed by atoms with van der Waals surface area (Å²) in [5, 5.41) is 3.94. The van der Waals surface area contributed by atoms with Gasteiger partial charge in [0.25, 0.3) is 0 Å². The van der Waals surface area contributed by atoms with Gasteiger partial charge in [0.1, 0.15) is 6.29 Å². The Morgan fingerprint density at radius 1 is 1.75 bits per heavy atom. The van der Waals surface area contributed by atoms with Crippen molar-refractivity contribution in [1.82, 2.24) is 9.78 Å². The van der Waals surface area contributed by atoms with E-state index in [1.165, 1.54) is 0 Å². The van der Waals surface area contributed by atoms with Crippen LogP contribution in [0.25, 0.3) is 6.08 Å². The number of nitrogens with zero attached hydrogens (tertiary/aromatic N) is 2. The molecule has 0 unspecified atom stereocenters. The number of hydrogen-bond acceptors (Lipinski definition) is 3. The average Bonchev–Trinajstić information content (AvgIpc) is 2.31. The maximum Gasteiger partial charge on any atom is 0.152 e. The number of aldehydes is 1. The van der Waals surface area contributed by atoms with Crippen LogP contribution in [0.3, 0.4) is 0 Å². The van der Waals surface area contributed by atoms with Gasteiger partial charge >= 0.3 is 0 Å². The van der Waals surface area contributed by atoms with E-state index in [9.17, 15) is 4.79 Å². The van der Waals surface area contributed by atoms with Crippen LogP contribution >= 0.6 is 0 Å². The third-order valence-electron chi connectivity index (χ3n) is 1.42. The highest BCUT2D eigenvalue weighted by atomic mass is 16.1. The molecule has 2 N–H and O–H groups in total. The van der Waals surface area contributed by atoms with Crippen molar-refractivity contribution in [2.75, 3.05) is 5.73 Å². The van der Waals surface area contributed by atoms with Crippen molar-refractivity contribution in [3.05, 3.63) is 17.8 Å². The second-order valence-electron chi connectivity index (χ2n) is 2.45. The van der Waals surface area contributed by atoms with Gasteiger partial charge in [-0.1, -0.05) is 12.2 Å². The molecule has 0 bridgehead atoms. The monoisotopic (exact) mass is 165 g/mol. The average molecular weight is 165 g/mol. The minimum absolute atomic E-state index is 0.411. The summed E-state index contributed by atoms with van der Waals surface area (Å²) in [6, 6.07) is 0. The van der Waals surface area contributed by atoms with Crippen LogP contribution in [-0.4, -0.2) is 16.1 Å². The van der Waals surface area contributed by atoms with Gasteiger partial charge in [-0.3, -0.25) is 4.68 Å². The second kappa shape index (κ2) is 3.71. The van der Waals surface area contributed by atoms with Crippen LogP contribution < -0.4 is 5.73 Å². The molecule has 4 heteroatoms. The third-order valence-corrected chi connectivity index (χ3v) is 1.42. The minimum Gasteiger partial charge on any atom is -0.382 e. The number of aryl methyl sites for hydroxylation is 1. The molecule has 0 spiro atoms. The molecule has 0 saturated carbocycles. The Hall–Kier alpha value is -1.58. The van der Waals surface area contributed by atoms with Gasteiger partial charge in [-0.25, -0.2) is 0 Å². The quantitative estimate of drug-likeness (QED) is 0.667. The van der Waals surface area contributed by atoms with Crippen LogP contribution in [0.5, 0.6) is 0 Å². The van der Waals surface area contributed by atoms with E-state index in [4.69, 9.17) is 5.73 Å². The lowest BCUT2D eigenvalue weighted by Gasteiger charge is -1.84. The highest BCUT2D eigenvalue weighted by molar-refractivity contribution is 5.63. The molecule has 1 aromatic rings. The number of nitrogen functional groups attached to an aromatic ring is 1. The number of carbonyl (C=O) groups excluding carboxylic acids is 1. The molecule has 0 aromatic carbocycles. The zero-order chi connectivity index (χ0) is 8.97. The van der Waals surface area contributed by atoms with E-state index >= 15 is 0 Å². The van der Waals surface area contributed by atoms with Gasteiger partial charge in [0.15, 0.2) is 5.82 Å². The fourth-order valence-electron chi connectivity index (χ4n) is 0.903. The molecule has 4 nitrogen and oxygen atoms in total. The van der Waals surface area contributed by atoms with E-state index < -0.39 is 0 Å². The lowest BCUT2D eigenvalue weighted by Crippen LogP contribution is -1.90. The van der Waals surface area contributed by atoms with Gasteiger partial charge in [-0.15, -0.1) is 0 Å². The predicted octanol–water partition coefficient (Wildman–Crippen LogP) is 0.604. The van der Waals surface area contributed by atoms with Crippen LogP contribution in [0.15, 0.2) is 12.3 Å². The number of aromatic nitrogens is 2. The van der Waals surface area contributed by atoms with Crippen molar-refractivity contribution in [1.29, 1.82) is 0 Å². The highest BCUT2D eigenvalue weighted by Gasteiger charge is 1.97. The van der Waals surface area contributed by atoms with E-state index in [-0.39, 0.29) is 0 Å². The molecule has 12 heavy (non-hydrogen) atoms. The number of hydrogen-bond donors (Lipinski definition) is 1. The Bertz CT molecular complexity index is 301. The molecule has 1 heterocycles. The topological polar surface area (TPSA) is 60.9 Å². The maximum atomic E-state index is 9.98. The lowest BCUT2D eigenvalue weighted by molar-refractivity contribution is -0.107. The van der Waals surface area contributed by atoms with Crippen LogP contribution in [0.4, 0.5) is 5.82 Å². The zero-order valence-corrected chi connectivity index (χ0v) is 6.90. The highest BCUT2D eigenvalue weighted by Crippen LogP contribution is 2.09. The molecule has 0 fully saturated rings. The van der Waals surface area contributed by atoms with Gasteiger partial charge in [0.2, 0.25) is 0 Å². The minimum atomic E-state index is 0.411. The summed E-state index contributed by atoms with van der Waals surface area (Å²) >= 11 is 0. The smallest absolute Gasteiger partial charge is 0.152 e. The molecule has 64 valence electrons. The van der Waals surface area contributed by atoms with E-state index in [2.05, 4.69) is 5.10 Å². The number of allylic oxidation sites excluding steroid dienone is 1. The zero-order valence-electron chi connectivity index (χ0n) is 6.90. The van der Waals surface area contributed by atoms with Crippen LogP contribution in [0, 0.1) is 0 Å². The molecule has 1 rings (SSSR count). The standard InChI is InChI=1S/C8H11N3O/c1-11-6-7(8(9)10-11)4-2-3-5-12/h2,4-6H,3H2,1H3,(H2,9,10). The summed E-state index contributed by atoms with van der Waals surface area (Å²) in [6.45, 7) is 0. The Morgan fingerprint density at radius 3 is 3.00 bits per heavy atom. The Labute approximate surface area is 70.7 Å². The van der Waals surface area contributed by atoms with Crippen molar-refractivity contribution >= 4 is 18.2 Å². The van der Waals surface area contributed by atoms with E-state index in [1.54, 1.807) is 30.1 Å². The van der Waals surface area contributed by atoms with Crippen molar-refractivity contribution in [3.63, 3.8) is 0 Å². The molecule has 0 aliphatic rings. The van der Waals surface area contributed by atoms with Crippen molar-refractivity contribution in [2.45, 2.75) is 6.42 Å². The fourth-order valence-corrected chi connectivity index (χ4v) is 0.903. The molecule has 1 aromatic heterocycles. The number of rotatable bonds is 3. The third kappa shape index (κ3) is 1.95. The van der Waals surface area contributed by atoms with Gasteiger partial charge in [0.05, 0.1) is 0 Å². The lowest BCUT2D eigenvalue weighted by atomic mass is 10.3. The molecule has 0 aliphatic carbocycles. The first-order valence-electron chi connectivity index (χ1n) is 3.63. The van der Waals surface area contributed by atoms with E-state index in [0.717, 1.165) is 11.8 Å². The summed E-state index contributed by atoms with van der Waals surface area (Å²) in [5.74, 6) is 0.486. The Balaban J connectivity index is 2.74. The summed E-state index contributed by atoms with van der Waals surface area (Å²) in [5.41, 5.74) is 6.40. The normalized spacial score (nSPS) is 10.8. The summed E-state index contributed by atoms with van der Waals surface area (Å²) in [7, 11) is 1.80. The largest absolute Gasteiger partial charge is 0.382 e. The molecule has 0 saturated heterocycles. The SMILES string of the molecule is Cn1cc(C=CCC=O)c(N)n1. The van der Waals surface area contributed by atoms with Crippen molar-refractivity contribution < 1.29 is 4.79 Å². The molecule has 0 atom stereocenters. The molecular weight excluding hydrogens is 154 g/mol. The van der Waals surface area contributed by atoms with Crippen LogP contribution in [-0.2, 0) is 11.8 Å². The number of nitrogens with two attached hydrogens (primary N) is 1. The van der Waals surface area contributed by atoms with Gasteiger partial charge in [0, 0.05) is 25.2 Å². The van der Waals surface area contributed by atoms with Crippen molar-refractivity contribution in [3.8, 4) is 0 Å². The number of carbonyl (C=O) groups is 1. The van der Waals surface area contributed by atoms with Gasteiger partial charge in [-0.05, 0) is 0 Å². The first kappa shape index (κ1) is 8.52. The van der Waals surface area contributed by atoms with E-state index in [0.29, 0.717) is 12.2 Å². The van der Waals surface area contributed by atoms with Crippen LogP contribution in [0.1, 0.15) is 12.0 Å². The molecule has 0 amide bonds. The molecule has 0 aliphatic heterocycles. The second-order valence-corrected chi connectivity index (χ2v) is 2.45. The summed E-state index contributed by atoms with van der Waals surface area (Å²) in [4.78, 5) is 9.98. The Morgan fingerprint density at radius 2 is 2.50 bits per heavy atom. The first-order valence-corrected chi connectivity index (χ1v) is 3.63. The Kier molecular flexibility index (Phi) is 2.63. The summed E-state index contributed by atoms with van der Waals surface area (Å²) in [6.07, 6.45) is 6.59. The maximum absolute atomic E-state index is 9.98. The molecule has 0 radical (unpaired) electrons. The van der Waals surface area contributed by atoms with Crippen LogP contribution in [0.2, 0.25) is 0 Å². The van der Waals surface area contributed by atoms with Crippen molar-refractivity contribution in [2.24, 2.45) is 7.05 Å². The molecular formula is C8H11N3O. The first-order chi connectivity index (χ1) is 5.74. The fraction of sp³-hybridized carbons (Fsp3) is 0.250. The predicted molar refractivity (Wildman–Crippen MR) is 47.3 cm³/mol. The number of anilines is 1. The van der Waals surface area contributed by atoms with Gasteiger partial charge < -0.3 is 10.5 Å². The van der Waals surface area contributed by atoms with E-state index in [1.807, 2.05) is 0 Å². The summed E-state index contributed by atoms with van der Waals surface area (Å²) < 4.78 is 1.63.